The standard InChI is InChI=1S/C19H30N4O3.2ClH/c1-20-19(25)17(14-8-5-6-10-16(14)26-4)23-12-7-9-15(23)18(24)21-11-13-22(2)3;;/h5-6,8,10,15,17H,7,9,11-13H2,1-4H3,(H,20,25)(H,21,24);2*1H/t15-,17+;;/m0../s1. The molecule has 0 aliphatic carbocycles. The molecular formula is C19H32Cl2N4O3. The van der Waals surface area contributed by atoms with E-state index in [0.29, 0.717) is 18.8 Å². The molecule has 1 aromatic carbocycles. The summed E-state index contributed by atoms with van der Waals surface area (Å²) < 4.78 is 5.45. The van der Waals surface area contributed by atoms with Crippen molar-refractivity contribution in [1.82, 2.24) is 20.4 Å². The molecule has 1 aliphatic heterocycles. The first kappa shape index (κ1) is 26.5. The Kier molecular flexibility index (Phi) is 12.1. The quantitative estimate of drug-likeness (QED) is 0.647. The third kappa shape index (κ3) is 6.51. The highest BCUT2D eigenvalue weighted by atomic mass is 35.5. The number of nitrogens with one attached hydrogen (secondary N) is 2. The molecule has 160 valence electrons. The molecule has 0 bridgehead atoms. The average molecular weight is 435 g/mol. The van der Waals surface area contributed by atoms with Gasteiger partial charge in [-0.05, 0) is 33.0 Å². The zero-order valence-electron chi connectivity index (χ0n) is 16.9. The molecule has 0 saturated carbocycles. The number of carbonyl (C=O) groups excluding carboxylic acids is 2. The number of halogens is 2. The van der Waals surface area contributed by atoms with Crippen molar-refractivity contribution in [1.29, 1.82) is 0 Å². The van der Waals surface area contributed by atoms with E-state index in [0.717, 1.165) is 24.9 Å². The summed E-state index contributed by atoms with van der Waals surface area (Å²) in [6, 6.07) is 6.62. The van der Waals surface area contributed by atoms with Gasteiger partial charge in [0.25, 0.3) is 0 Å². The smallest absolute Gasteiger partial charge is 0.241 e. The van der Waals surface area contributed by atoms with Gasteiger partial charge in [0.2, 0.25) is 11.8 Å². The van der Waals surface area contributed by atoms with Crippen molar-refractivity contribution < 1.29 is 14.3 Å². The van der Waals surface area contributed by atoms with Gasteiger partial charge in [0.05, 0.1) is 13.2 Å². The van der Waals surface area contributed by atoms with E-state index in [1.165, 1.54) is 0 Å². The molecule has 0 radical (unpaired) electrons. The maximum atomic E-state index is 12.7. The number of ether oxygens (including phenoxy) is 1. The van der Waals surface area contributed by atoms with Gasteiger partial charge in [-0.2, -0.15) is 0 Å². The molecule has 0 unspecified atom stereocenters. The zero-order chi connectivity index (χ0) is 19.1. The Morgan fingerprint density at radius 2 is 1.96 bits per heavy atom. The molecule has 1 aliphatic rings. The van der Waals surface area contributed by atoms with E-state index in [1.807, 2.05) is 48.2 Å². The molecule has 1 heterocycles. The normalized spacial score (nSPS) is 17.2. The van der Waals surface area contributed by atoms with Crippen LogP contribution in [-0.2, 0) is 9.59 Å². The Morgan fingerprint density at radius 3 is 2.57 bits per heavy atom. The Bertz CT molecular complexity index is 631. The fraction of sp³-hybridized carbons (Fsp3) is 0.579. The molecule has 1 fully saturated rings. The lowest BCUT2D eigenvalue weighted by Gasteiger charge is -2.32. The van der Waals surface area contributed by atoms with Gasteiger partial charge < -0.3 is 20.3 Å². The van der Waals surface area contributed by atoms with Crippen LogP contribution in [0.15, 0.2) is 24.3 Å². The highest BCUT2D eigenvalue weighted by Gasteiger charge is 2.40. The monoisotopic (exact) mass is 434 g/mol. The first-order valence-corrected chi connectivity index (χ1v) is 9.02. The second-order valence-corrected chi connectivity index (χ2v) is 6.75. The predicted octanol–water partition coefficient (Wildman–Crippen LogP) is 1.47. The number of methoxy groups -OCH3 is 1. The SMILES string of the molecule is CNC(=O)[C@@H](c1ccccc1OC)N1CCC[C@H]1C(=O)NCCN(C)C.Cl.Cl. The van der Waals surface area contributed by atoms with E-state index in [9.17, 15) is 9.59 Å². The van der Waals surface area contributed by atoms with Crippen molar-refractivity contribution >= 4 is 36.6 Å². The Hall–Kier alpha value is -1.54. The fourth-order valence-electron chi connectivity index (χ4n) is 3.40. The first-order valence-electron chi connectivity index (χ1n) is 9.02. The third-order valence-electron chi connectivity index (χ3n) is 4.72. The van der Waals surface area contributed by atoms with Crippen molar-refractivity contribution in [3.05, 3.63) is 29.8 Å². The van der Waals surface area contributed by atoms with Crippen LogP contribution >= 0.6 is 24.8 Å². The van der Waals surface area contributed by atoms with Crippen LogP contribution < -0.4 is 15.4 Å². The van der Waals surface area contributed by atoms with Crippen LogP contribution in [0.25, 0.3) is 0 Å². The molecule has 1 saturated heterocycles. The van der Waals surface area contributed by atoms with Crippen LogP contribution in [0, 0.1) is 0 Å². The molecule has 9 heteroatoms. The van der Waals surface area contributed by atoms with Crippen LogP contribution in [0.1, 0.15) is 24.4 Å². The Labute approximate surface area is 180 Å². The molecule has 28 heavy (non-hydrogen) atoms. The molecule has 7 nitrogen and oxygen atoms in total. The van der Waals surface area contributed by atoms with Crippen molar-refractivity contribution in [2.75, 3.05) is 47.9 Å². The molecule has 2 rings (SSSR count). The van der Waals surface area contributed by atoms with Crippen molar-refractivity contribution in [2.24, 2.45) is 0 Å². The van der Waals surface area contributed by atoms with Crippen molar-refractivity contribution in [3.8, 4) is 5.75 Å². The summed E-state index contributed by atoms with van der Waals surface area (Å²) in [6.45, 7) is 2.07. The van der Waals surface area contributed by atoms with Crippen molar-refractivity contribution in [3.63, 3.8) is 0 Å². The van der Waals surface area contributed by atoms with Gasteiger partial charge in [-0.3, -0.25) is 14.5 Å². The number of likely N-dealkylation sites (tertiary alicyclic amines) is 1. The summed E-state index contributed by atoms with van der Waals surface area (Å²) in [5.41, 5.74) is 0.780. The number of para-hydroxylation sites is 1. The van der Waals surface area contributed by atoms with E-state index in [1.54, 1.807) is 14.2 Å². The number of likely N-dealkylation sites (N-methyl/N-ethyl adjacent to an activating group) is 2. The van der Waals surface area contributed by atoms with Gasteiger partial charge in [-0.25, -0.2) is 0 Å². The minimum Gasteiger partial charge on any atom is -0.496 e. The molecule has 2 atom stereocenters. The van der Waals surface area contributed by atoms with E-state index in [4.69, 9.17) is 4.74 Å². The van der Waals surface area contributed by atoms with E-state index >= 15 is 0 Å². The van der Waals surface area contributed by atoms with Crippen LogP contribution in [-0.4, -0.2) is 75.5 Å². The minimum atomic E-state index is -0.553. The van der Waals surface area contributed by atoms with Gasteiger partial charge in [-0.1, -0.05) is 18.2 Å². The van der Waals surface area contributed by atoms with Crippen molar-refractivity contribution in [2.45, 2.75) is 24.9 Å². The summed E-state index contributed by atoms with van der Waals surface area (Å²) in [6.07, 6.45) is 1.63. The lowest BCUT2D eigenvalue weighted by molar-refractivity contribution is -0.131. The van der Waals surface area contributed by atoms with Gasteiger partial charge >= 0.3 is 0 Å². The maximum absolute atomic E-state index is 12.7. The maximum Gasteiger partial charge on any atom is 0.241 e. The number of benzene rings is 1. The lowest BCUT2D eigenvalue weighted by atomic mass is 10.0. The topological polar surface area (TPSA) is 73.9 Å². The fourth-order valence-corrected chi connectivity index (χ4v) is 3.40. The van der Waals surface area contributed by atoms with Gasteiger partial charge in [0.1, 0.15) is 11.8 Å². The van der Waals surface area contributed by atoms with E-state index in [-0.39, 0.29) is 42.7 Å². The average Bonchev–Trinajstić information content (AvgIpc) is 3.11. The number of hydrogen-bond acceptors (Lipinski definition) is 5. The number of hydrogen-bond donors (Lipinski definition) is 2. The Balaban J connectivity index is 0.00000364. The molecular weight excluding hydrogens is 403 g/mol. The predicted molar refractivity (Wildman–Crippen MR) is 116 cm³/mol. The van der Waals surface area contributed by atoms with E-state index < -0.39 is 6.04 Å². The van der Waals surface area contributed by atoms with Gasteiger partial charge in [0, 0.05) is 32.2 Å². The number of rotatable bonds is 8. The summed E-state index contributed by atoms with van der Waals surface area (Å²) >= 11 is 0. The molecule has 2 N–H and O–H groups in total. The summed E-state index contributed by atoms with van der Waals surface area (Å²) in [4.78, 5) is 29.4. The first-order chi connectivity index (χ1) is 12.5. The summed E-state index contributed by atoms with van der Waals surface area (Å²) in [5, 5.41) is 5.73. The van der Waals surface area contributed by atoms with Crippen LogP contribution in [0.3, 0.4) is 0 Å². The number of amides is 2. The molecule has 0 spiro atoms. The van der Waals surface area contributed by atoms with Crippen LogP contribution in [0.4, 0.5) is 0 Å². The number of carbonyl (C=O) groups is 2. The Morgan fingerprint density at radius 1 is 1.29 bits per heavy atom. The van der Waals surface area contributed by atoms with Crippen LogP contribution in [0.5, 0.6) is 5.75 Å². The summed E-state index contributed by atoms with van der Waals surface area (Å²) in [7, 11) is 7.15. The molecule has 2 amide bonds. The number of nitrogens with zero attached hydrogens (tertiary/aromatic N) is 2. The van der Waals surface area contributed by atoms with Gasteiger partial charge in [0.15, 0.2) is 0 Å². The second kappa shape index (κ2) is 12.8. The van der Waals surface area contributed by atoms with E-state index in [2.05, 4.69) is 10.6 Å². The summed E-state index contributed by atoms with van der Waals surface area (Å²) in [5.74, 6) is 0.496. The highest BCUT2D eigenvalue weighted by molar-refractivity contribution is 5.87. The molecule has 1 aromatic rings. The van der Waals surface area contributed by atoms with Gasteiger partial charge in [-0.15, -0.1) is 24.8 Å². The second-order valence-electron chi connectivity index (χ2n) is 6.75. The largest absolute Gasteiger partial charge is 0.496 e. The minimum absolute atomic E-state index is 0. The third-order valence-corrected chi connectivity index (χ3v) is 4.72. The van der Waals surface area contributed by atoms with Crippen LogP contribution in [0.2, 0.25) is 0 Å². The molecule has 0 aromatic heterocycles. The highest BCUT2D eigenvalue weighted by Crippen LogP contribution is 2.34. The zero-order valence-corrected chi connectivity index (χ0v) is 18.6. The lowest BCUT2D eigenvalue weighted by Crippen LogP contribution is -2.49.